The highest BCUT2D eigenvalue weighted by molar-refractivity contribution is 6.31. The maximum absolute atomic E-state index is 6.52. The zero-order valence-electron chi connectivity index (χ0n) is 18.4. The third-order valence-electron chi connectivity index (χ3n) is 6.52. The van der Waals surface area contributed by atoms with Gasteiger partial charge in [-0.25, -0.2) is 0 Å². The number of nitrogens with zero attached hydrogens (tertiary/aromatic N) is 1. The first kappa shape index (κ1) is 23.2. The first-order chi connectivity index (χ1) is 15.1. The quantitative estimate of drug-likeness (QED) is 0.360. The van der Waals surface area contributed by atoms with Crippen LogP contribution < -0.4 is 21.7 Å². The number of furan rings is 1. The zero-order chi connectivity index (χ0) is 21.3. The Labute approximate surface area is 205 Å². The second-order valence-corrected chi connectivity index (χ2v) is 9.33. The molecule has 0 saturated carbocycles. The van der Waals surface area contributed by atoms with E-state index in [0.29, 0.717) is 5.02 Å². The third-order valence-corrected chi connectivity index (χ3v) is 6.75. The van der Waals surface area contributed by atoms with Crippen LogP contribution in [-0.2, 0) is 6.54 Å². The molecule has 5 rings (SSSR count). The molecule has 0 N–H and O–H groups in total. The lowest BCUT2D eigenvalue weighted by molar-refractivity contribution is -0.947. The summed E-state index contributed by atoms with van der Waals surface area (Å²) in [5.41, 5.74) is 3.09. The Bertz CT molecular complexity index is 1190. The van der Waals surface area contributed by atoms with E-state index in [2.05, 4.69) is 49.4 Å². The van der Waals surface area contributed by atoms with Crippen molar-refractivity contribution in [3.8, 4) is 5.75 Å². The van der Waals surface area contributed by atoms with E-state index < -0.39 is 0 Å². The molecule has 1 fully saturated rings. The van der Waals surface area contributed by atoms with Crippen molar-refractivity contribution in [3.05, 3.63) is 77.3 Å². The van der Waals surface area contributed by atoms with Crippen LogP contribution in [0.5, 0.6) is 5.75 Å². The number of ether oxygens (including phenoxy) is 1. The third kappa shape index (κ3) is 4.83. The van der Waals surface area contributed by atoms with Crippen molar-refractivity contribution in [2.75, 3.05) is 19.6 Å². The Morgan fingerprint density at radius 3 is 2.53 bits per heavy atom. The normalized spacial score (nSPS) is 20.9. The van der Waals surface area contributed by atoms with Crippen molar-refractivity contribution >= 4 is 33.5 Å². The van der Waals surface area contributed by atoms with Gasteiger partial charge in [-0.05, 0) is 37.1 Å². The summed E-state index contributed by atoms with van der Waals surface area (Å²) in [7, 11) is 0. The maximum Gasteiger partial charge on any atom is 0.148 e. The van der Waals surface area contributed by atoms with Crippen LogP contribution in [0.4, 0.5) is 0 Å². The number of halogens is 2. The van der Waals surface area contributed by atoms with Crippen molar-refractivity contribution in [2.24, 2.45) is 0 Å². The van der Waals surface area contributed by atoms with Crippen molar-refractivity contribution in [3.63, 3.8) is 0 Å². The summed E-state index contributed by atoms with van der Waals surface area (Å²) in [6, 6.07) is 22.9. The summed E-state index contributed by atoms with van der Waals surface area (Å²) in [6.07, 6.45) is 3.71. The fourth-order valence-corrected chi connectivity index (χ4v) is 5.39. The van der Waals surface area contributed by atoms with Gasteiger partial charge in [-0.3, -0.25) is 0 Å². The van der Waals surface area contributed by atoms with Crippen molar-refractivity contribution in [1.82, 2.24) is 0 Å². The number of piperidine rings is 1. The van der Waals surface area contributed by atoms with Crippen LogP contribution in [0, 0.1) is 0 Å². The van der Waals surface area contributed by atoms with Gasteiger partial charge in [0.2, 0.25) is 0 Å². The minimum Gasteiger partial charge on any atom is -1.00 e. The Balaban J connectivity index is 0.00000245. The molecular formula is C27H29BrClNO2. The topological polar surface area (TPSA) is 22.4 Å². The van der Waals surface area contributed by atoms with Gasteiger partial charge in [-0.15, -0.1) is 0 Å². The number of hydrogen-bond donors (Lipinski definition) is 0. The van der Waals surface area contributed by atoms with Gasteiger partial charge in [-0.2, -0.15) is 0 Å². The van der Waals surface area contributed by atoms with E-state index in [1.54, 1.807) is 0 Å². The molecule has 2 heterocycles. The molecule has 2 atom stereocenters. The van der Waals surface area contributed by atoms with Gasteiger partial charge in [0, 0.05) is 39.9 Å². The van der Waals surface area contributed by atoms with Gasteiger partial charge in [0.25, 0.3) is 0 Å². The van der Waals surface area contributed by atoms with E-state index in [4.69, 9.17) is 20.8 Å². The summed E-state index contributed by atoms with van der Waals surface area (Å²) in [6.45, 7) is 6.84. The average Bonchev–Trinajstić information content (AvgIpc) is 3.11. The van der Waals surface area contributed by atoms with E-state index >= 15 is 0 Å². The maximum atomic E-state index is 6.52. The zero-order valence-corrected chi connectivity index (χ0v) is 20.7. The summed E-state index contributed by atoms with van der Waals surface area (Å²) < 4.78 is 13.7. The lowest BCUT2D eigenvalue weighted by Crippen LogP contribution is -3.00. The summed E-state index contributed by atoms with van der Waals surface area (Å²) in [4.78, 5) is 0. The molecule has 3 aromatic carbocycles. The highest BCUT2D eigenvalue weighted by atomic mass is 79.9. The molecule has 32 heavy (non-hydrogen) atoms. The van der Waals surface area contributed by atoms with Crippen LogP contribution in [0.15, 0.2) is 71.1 Å². The number of likely N-dealkylation sites (tertiary alicyclic amines) is 1. The minimum atomic E-state index is 0. The van der Waals surface area contributed by atoms with E-state index in [1.165, 1.54) is 31.5 Å². The van der Waals surface area contributed by atoms with Gasteiger partial charge in [0.05, 0.1) is 13.1 Å². The molecular weight excluding hydrogens is 486 g/mol. The molecule has 1 aliphatic rings. The van der Waals surface area contributed by atoms with Crippen molar-refractivity contribution in [1.29, 1.82) is 0 Å². The number of rotatable bonds is 6. The van der Waals surface area contributed by atoms with Gasteiger partial charge in [0.1, 0.15) is 36.1 Å². The predicted octanol–water partition coefficient (Wildman–Crippen LogP) is 4.21. The van der Waals surface area contributed by atoms with E-state index in [-0.39, 0.29) is 23.1 Å². The van der Waals surface area contributed by atoms with Gasteiger partial charge < -0.3 is 30.6 Å². The fraction of sp³-hybridized carbons (Fsp3) is 0.333. The van der Waals surface area contributed by atoms with Gasteiger partial charge >= 0.3 is 0 Å². The fourth-order valence-electron chi connectivity index (χ4n) is 5.23. The SMILES string of the molecule is CCC[N+]1(Cc2ccccc2)CCCC(Oc2ccc3c(c2)oc2cc(Cl)ccc23)C1.[Br-]. The standard InChI is InChI=1S/C27H29ClNO2.BrH/c1-2-14-29(18-20-7-4-3-5-8-20)15-6-9-23(19-29)30-22-11-13-25-24-12-10-21(28)16-26(24)31-27(25)17-22;/h3-5,7-8,10-13,16-17,23H,2,6,9,14-15,18-19H2,1H3;1H/q+1;/p-1. The van der Waals surface area contributed by atoms with Crippen LogP contribution >= 0.6 is 11.6 Å². The van der Waals surface area contributed by atoms with E-state index in [9.17, 15) is 0 Å². The first-order valence-electron chi connectivity index (χ1n) is 11.3. The highest BCUT2D eigenvalue weighted by Crippen LogP contribution is 2.34. The molecule has 5 heteroatoms. The molecule has 3 nitrogen and oxygen atoms in total. The van der Waals surface area contributed by atoms with Crippen LogP contribution in [0.3, 0.4) is 0 Å². The monoisotopic (exact) mass is 513 g/mol. The molecule has 168 valence electrons. The predicted molar refractivity (Wildman–Crippen MR) is 128 cm³/mol. The van der Waals surface area contributed by atoms with Gasteiger partial charge in [0.15, 0.2) is 0 Å². The lowest BCUT2D eigenvalue weighted by atomic mass is 10.0. The van der Waals surface area contributed by atoms with E-state index in [0.717, 1.165) is 51.7 Å². The first-order valence-corrected chi connectivity index (χ1v) is 11.7. The van der Waals surface area contributed by atoms with Crippen LogP contribution in [0.25, 0.3) is 21.9 Å². The lowest BCUT2D eigenvalue weighted by Gasteiger charge is -2.44. The summed E-state index contributed by atoms with van der Waals surface area (Å²) in [5.74, 6) is 0.888. The molecule has 0 bridgehead atoms. The summed E-state index contributed by atoms with van der Waals surface area (Å²) >= 11 is 6.13. The molecule has 0 spiro atoms. The molecule has 0 radical (unpaired) electrons. The Kier molecular flexibility index (Phi) is 7.14. The smallest absolute Gasteiger partial charge is 0.148 e. The molecule has 1 saturated heterocycles. The van der Waals surface area contributed by atoms with Crippen LogP contribution in [0.2, 0.25) is 5.02 Å². The molecule has 1 aliphatic heterocycles. The Morgan fingerprint density at radius 2 is 1.75 bits per heavy atom. The highest BCUT2D eigenvalue weighted by Gasteiger charge is 2.35. The second-order valence-electron chi connectivity index (χ2n) is 8.90. The van der Waals surface area contributed by atoms with E-state index in [1.807, 2.05) is 24.3 Å². The number of fused-ring (bicyclic) bond motifs is 3. The molecule has 2 unspecified atom stereocenters. The van der Waals surface area contributed by atoms with Crippen molar-refractivity contribution < 1.29 is 30.6 Å². The second kappa shape index (κ2) is 9.86. The molecule has 0 aliphatic carbocycles. The average molecular weight is 515 g/mol. The molecule has 1 aromatic heterocycles. The molecule has 4 aromatic rings. The van der Waals surface area contributed by atoms with Crippen LogP contribution in [-0.4, -0.2) is 30.2 Å². The van der Waals surface area contributed by atoms with Gasteiger partial charge in [-0.1, -0.05) is 48.9 Å². The van der Waals surface area contributed by atoms with Crippen LogP contribution in [0.1, 0.15) is 31.7 Å². The summed E-state index contributed by atoms with van der Waals surface area (Å²) in [5, 5.41) is 2.88. The Morgan fingerprint density at radius 1 is 1.00 bits per heavy atom. The largest absolute Gasteiger partial charge is 1.00 e. The number of quaternary nitrogens is 1. The van der Waals surface area contributed by atoms with Crippen molar-refractivity contribution in [2.45, 2.75) is 38.8 Å². The number of benzene rings is 3. The minimum absolute atomic E-state index is 0. The molecule has 0 amide bonds. The number of hydrogen-bond acceptors (Lipinski definition) is 2. The Hall–Kier alpha value is -2.01.